The molecule has 1 aliphatic rings. The number of aliphatic carboxylic acids is 1. The van der Waals surface area contributed by atoms with E-state index in [0.717, 1.165) is 12.2 Å². The molecule has 0 saturated carbocycles. The van der Waals surface area contributed by atoms with Crippen LogP contribution in [0.2, 0.25) is 0 Å². The third-order valence-electron chi connectivity index (χ3n) is 2.17. The Morgan fingerprint density at radius 1 is 1.19 bits per heavy atom. The first kappa shape index (κ1) is 12.1. The Labute approximate surface area is 91.5 Å². The highest BCUT2D eigenvalue weighted by molar-refractivity contribution is 6.19. The van der Waals surface area contributed by atoms with E-state index >= 15 is 0 Å². The van der Waals surface area contributed by atoms with E-state index in [4.69, 9.17) is 5.11 Å². The van der Waals surface area contributed by atoms with Crippen LogP contribution in [-0.4, -0.2) is 39.6 Å². The Morgan fingerprint density at radius 2 is 1.62 bits per heavy atom. The molecule has 0 aromatic heterocycles. The Morgan fingerprint density at radius 3 is 1.94 bits per heavy atom. The van der Waals surface area contributed by atoms with Crippen molar-refractivity contribution in [2.45, 2.75) is 19.9 Å². The maximum atomic E-state index is 11.6. The van der Waals surface area contributed by atoms with Crippen molar-refractivity contribution in [1.82, 2.24) is 4.90 Å². The quantitative estimate of drug-likeness (QED) is 0.518. The van der Waals surface area contributed by atoms with Crippen molar-refractivity contribution >= 4 is 23.6 Å². The van der Waals surface area contributed by atoms with Crippen molar-refractivity contribution in [3.63, 3.8) is 0 Å². The Kier molecular flexibility index (Phi) is 3.22. The number of carbonyl (C=O) groups excluding carboxylic acids is 3. The summed E-state index contributed by atoms with van der Waals surface area (Å²) in [4.78, 5) is 45.5. The summed E-state index contributed by atoms with van der Waals surface area (Å²) in [7, 11) is 0. The summed E-state index contributed by atoms with van der Waals surface area (Å²) in [6.07, 6.45) is 1.90. The van der Waals surface area contributed by atoms with Crippen LogP contribution >= 0.6 is 0 Å². The molecule has 2 amide bonds. The predicted octanol–water partition coefficient (Wildman–Crippen LogP) is -0.410. The molecule has 0 aromatic rings. The van der Waals surface area contributed by atoms with Gasteiger partial charge in [0.2, 0.25) is 0 Å². The fourth-order valence-corrected chi connectivity index (χ4v) is 1.34. The largest absolute Gasteiger partial charge is 0.479 e. The Hall–Kier alpha value is -1.98. The number of hydrogen-bond donors (Lipinski definition) is 1. The van der Waals surface area contributed by atoms with Crippen molar-refractivity contribution in [1.29, 1.82) is 0 Å². The summed E-state index contributed by atoms with van der Waals surface area (Å²) < 4.78 is 0. The molecule has 16 heavy (non-hydrogen) atoms. The van der Waals surface area contributed by atoms with Gasteiger partial charge in [-0.1, -0.05) is 13.8 Å². The molecule has 0 bridgehead atoms. The monoisotopic (exact) mass is 225 g/mol. The SMILES string of the molecule is CC(C)C(=O)C(C(=O)O)N1C(=O)C=CC1=O. The first-order chi connectivity index (χ1) is 7.36. The Balaban J connectivity index is 3.05. The van der Waals surface area contributed by atoms with Crippen LogP contribution in [0.15, 0.2) is 12.2 Å². The normalized spacial score (nSPS) is 17.1. The van der Waals surface area contributed by atoms with Gasteiger partial charge in [0, 0.05) is 18.1 Å². The van der Waals surface area contributed by atoms with Crippen LogP contribution in [0.25, 0.3) is 0 Å². The van der Waals surface area contributed by atoms with Crippen molar-refractivity contribution in [2.24, 2.45) is 5.92 Å². The molecule has 0 saturated heterocycles. The number of carbonyl (C=O) groups is 4. The molecular formula is C10H11NO5. The maximum absolute atomic E-state index is 11.6. The van der Waals surface area contributed by atoms with Gasteiger partial charge in [-0.15, -0.1) is 0 Å². The highest BCUT2D eigenvalue weighted by atomic mass is 16.4. The lowest BCUT2D eigenvalue weighted by molar-refractivity contribution is -0.158. The van der Waals surface area contributed by atoms with E-state index in [0.29, 0.717) is 4.90 Å². The number of amides is 2. The fraction of sp³-hybridized carbons (Fsp3) is 0.400. The lowest BCUT2D eigenvalue weighted by Crippen LogP contribution is -2.51. The number of carboxylic acids is 1. The molecule has 86 valence electrons. The molecular weight excluding hydrogens is 214 g/mol. The van der Waals surface area contributed by atoms with Gasteiger partial charge < -0.3 is 5.11 Å². The van der Waals surface area contributed by atoms with Gasteiger partial charge in [0.1, 0.15) is 0 Å². The third kappa shape index (κ3) is 2.00. The van der Waals surface area contributed by atoms with E-state index in [2.05, 4.69) is 0 Å². The number of imide groups is 1. The van der Waals surface area contributed by atoms with Gasteiger partial charge in [0.05, 0.1) is 0 Å². The molecule has 1 atom stereocenters. The molecule has 0 aromatic carbocycles. The molecule has 0 radical (unpaired) electrons. The van der Waals surface area contributed by atoms with Crippen LogP contribution < -0.4 is 0 Å². The van der Waals surface area contributed by atoms with Gasteiger partial charge >= 0.3 is 5.97 Å². The van der Waals surface area contributed by atoms with Gasteiger partial charge in [0.25, 0.3) is 11.8 Å². The lowest BCUT2D eigenvalue weighted by atomic mass is 10.0. The maximum Gasteiger partial charge on any atom is 0.334 e. The molecule has 0 spiro atoms. The first-order valence-electron chi connectivity index (χ1n) is 4.68. The van der Waals surface area contributed by atoms with E-state index in [1.54, 1.807) is 0 Å². The van der Waals surface area contributed by atoms with E-state index in [1.165, 1.54) is 13.8 Å². The highest BCUT2D eigenvalue weighted by Crippen LogP contribution is 2.14. The van der Waals surface area contributed by atoms with Crippen molar-refractivity contribution < 1.29 is 24.3 Å². The summed E-state index contributed by atoms with van der Waals surface area (Å²) >= 11 is 0. The van der Waals surface area contributed by atoms with Gasteiger partial charge in [-0.05, 0) is 0 Å². The summed E-state index contributed by atoms with van der Waals surface area (Å²) in [5, 5.41) is 8.89. The summed E-state index contributed by atoms with van der Waals surface area (Å²) in [6, 6.07) is -1.73. The lowest BCUT2D eigenvalue weighted by Gasteiger charge is -2.22. The topological polar surface area (TPSA) is 91.8 Å². The second kappa shape index (κ2) is 4.26. The molecule has 6 nitrogen and oxygen atoms in total. The van der Waals surface area contributed by atoms with Crippen LogP contribution in [0.3, 0.4) is 0 Å². The molecule has 6 heteroatoms. The van der Waals surface area contributed by atoms with E-state index in [1.807, 2.05) is 0 Å². The van der Waals surface area contributed by atoms with Gasteiger partial charge in [-0.25, -0.2) is 4.79 Å². The highest BCUT2D eigenvalue weighted by Gasteiger charge is 2.41. The number of rotatable bonds is 4. The summed E-state index contributed by atoms with van der Waals surface area (Å²) in [5.74, 6) is -4.28. The van der Waals surface area contributed by atoms with Gasteiger partial charge in [-0.2, -0.15) is 0 Å². The minimum absolute atomic E-state index is 0.463. The minimum atomic E-state index is -1.73. The van der Waals surface area contributed by atoms with Crippen LogP contribution in [0.4, 0.5) is 0 Å². The summed E-state index contributed by atoms with van der Waals surface area (Å²) in [6.45, 7) is 3.02. The second-order valence-corrected chi connectivity index (χ2v) is 3.68. The van der Waals surface area contributed by atoms with Crippen LogP contribution in [0.1, 0.15) is 13.8 Å². The van der Waals surface area contributed by atoms with Gasteiger partial charge in [0.15, 0.2) is 11.8 Å². The zero-order chi connectivity index (χ0) is 12.5. The standard InChI is InChI=1S/C10H11NO5/c1-5(2)9(14)8(10(15)16)11-6(12)3-4-7(11)13/h3-5,8H,1-2H3,(H,15,16). The number of carboxylic acid groups (broad SMARTS) is 1. The fourth-order valence-electron chi connectivity index (χ4n) is 1.34. The van der Waals surface area contributed by atoms with Crippen molar-refractivity contribution in [2.75, 3.05) is 0 Å². The van der Waals surface area contributed by atoms with Crippen molar-refractivity contribution in [3.05, 3.63) is 12.2 Å². The second-order valence-electron chi connectivity index (χ2n) is 3.68. The minimum Gasteiger partial charge on any atom is -0.479 e. The molecule has 1 heterocycles. The van der Waals surface area contributed by atoms with Crippen LogP contribution in [0, 0.1) is 5.92 Å². The van der Waals surface area contributed by atoms with E-state index in [-0.39, 0.29) is 0 Å². The predicted molar refractivity (Wildman–Crippen MR) is 52.3 cm³/mol. The average molecular weight is 225 g/mol. The molecule has 0 aliphatic carbocycles. The molecule has 1 unspecified atom stereocenters. The van der Waals surface area contributed by atoms with E-state index < -0.39 is 35.5 Å². The summed E-state index contributed by atoms with van der Waals surface area (Å²) in [5.41, 5.74) is 0. The smallest absolute Gasteiger partial charge is 0.334 e. The van der Waals surface area contributed by atoms with Gasteiger partial charge in [-0.3, -0.25) is 19.3 Å². The average Bonchev–Trinajstić information content (AvgIpc) is 2.49. The van der Waals surface area contributed by atoms with Crippen LogP contribution in [-0.2, 0) is 19.2 Å². The number of ketones is 1. The molecule has 1 rings (SSSR count). The number of Topliss-reactive ketones (excluding diaryl/α,β-unsaturated/α-hetero) is 1. The van der Waals surface area contributed by atoms with E-state index in [9.17, 15) is 19.2 Å². The Bertz CT molecular complexity index is 378. The molecule has 1 aliphatic heterocycles. The molecule has 1 N–H and O–H groups in total. The zero-order valence-corrected chi connectivity index (χ0v) is 8.84. The number of nitrogens with zero attached hydrogens (tertiary/aromatic N) is 1. The van der Waals surface area contributed by atoms with Crippen molar-refractivity contribution in [3.8, 4) is 0 Å². The number of hydrogen-bond acceptors (Lipinski definition) is 4. The molecule has 0 fully saturated rings. The van der Waals surface area contributed by atoms with Crippen LogP contribution in [0.5, 0.6) is 0 Å². The zero-order valence-electron chi connectivity index (χ0n) is 8.84. The first-order valence-corrected chi connectivity index (χ1v) is 4.68. The third-order valence-corrected chi connectivity index (χ3v) is 2.17.